The molecule has 0 spiro atoms. The highest BCUT2D eigenvalue weighted by molar-refractivity contribution is 7.86. The van der Waals surface area contributed by atoms with Crippen molar-refractivity contribution >= 4 is 15.8 Å². The van der Waals surface area contributed by atoms with Crippen molar-refractivity contribution in [1.82, 2.24) is 0 Å². The van der Waals surface area contributed by atoms with Crippen molar-refractivity contribution in [3.05, 3.63) is 48.0 Å². The van der Waals surface area contributed by atoms with Crippen molar-refractivity contribution < 1.29 is 13.0 Å². The van der Waals surface area contributed by atoms with Gasteiger partial charge in [-0.3, -0.25) is 4.55 Å². The minimum absolute atomic E-state index is 0.123. The minimum atomic E-state index is -4.28. The molecule has 2 aromatic rings. The fraction of sp³-hybridized carbons (Fsp3) is 0.143. The van der Waals surface area contributed by atoms with E-state index in [9.17, 15) is 13.0 Å². The van der Waals surface area contributed by atoms with E-state index in [4.69, 9.17) is 5.73 Å². The second-order valence-electron chi connectivity index (χ2n) is 4.24. The van der Waals surface area contributed by atoms with Gasteiger partial charge in [0.05, 0.1) is 0 Å². The Kier molecular flexibility index (Phi) is 3.59. The van der Waals surface area contributed by atoms with Gasteiger partial charge in [0.25, 0.3) is 10.1 Å². The van der Waals surface area contributed by atoms with Gasteiger partial charge in [0.1, 0.15) is 4.90 Å². The number of nitrogens with two attached hydrogens (primary N) is 1. The smallest absolute Gasteiger partial charge is 0.295 e. The van der Waals surface area contributed by atoms with Crippen LogP contribution in [0.25, 0.3) is 11.1 Å². The lowest BCUT2D eigenvalue weighted by molar-refractivity contribution is 0.483. The van der Waals surface area contributed by atoms with Crippen LogP contribution in [-0.4, -0.2) is 13.0 Å². The summed E-state index contributed by atoms with van der Waals surface area (Å²) in [6.07, 6.45) is 0.760. The molecule has 19 heavy (non-hydrogen) atoms. The summed E-state index contributed by atoms with van der Waals surface area (Å²) in [5, 5.41) is 0. The van der Waals surface area contributed by atoms with Gasteiger partial charge in [-0.1, -0.05) is 31.2 Å². The lowest BCUT2D eigenvalue weighted by Gasteiger charge is -2.12. The third kappa shape index (κ3) is 2.77. The molecule has 0 atom stereocenters. The fourth-order valence-corrected chi connectivity index (χ4v) is 2.76. The second-order valence-corrected chi connectivity index (χ2v) is 5.63. The standard InChI is InChI=1S/C14H15NO3S/c1-2-10-5-3-4-6-12(10)13-9-11(15)7-8-14(13)19(16,17)18/h3-9H,2,15H2,1H3,(H,16,17,18). The molecule has 3 N–H and O–H groups in total. The molecular formula is C14H15NO3S. The summed E-state index contributed by atoms with van der Waals surface area (Å²) in [5.74, 6) is 0. The molecule has 0 heterocycles. The first kappa shape index (κ1) is 13.6. The predicted molar refractivity (Wildman–Crippen MR) is 75.5 cm³/mol. The molecule has 0 aliphatic rings. The summed E-state index contributed by atoms with van der Waals surface area (Å²) in [5.41, 5.74) is 8.37. The zero-order valence-electron chi connectivity index (χ0n) is 10.5. The average Bonchev–Trinajstić information content (AvgIpc) is 2.37. The van der Waals surface area contributed by atoms with E-state index in [2.05, 4.69) is 0 Å². The Morgan fingerprint density at radius 1 is 1.11 bits per heavy atom. The van der Waals surface area contributed by atoms with Crippen LogP contribution in [0.4, 0.5) is 5.69 Å². The van der Waals surface area contributed by atoms with E-state index in [1.54, 1.807) is 6.07 Å². The Bertz CT molecular complexity index is 708. The summed E-state index contributed by atoms with van der Waals surface area (Å²) in [6.45, 7) is 1.98. The van der Waals surface area contributed by atoms with Crippen molar-refractivity contribution in [2.75, 3.05) is 5.73 Å². The van der Waals surface area contributed by atoms with E-state index in [1.807, 2.05) is 31.2 Å². The van der Waals surface area contributed by atoms with Crippen LogP contribution >= 0.6 is 0 Å². The maximum absolute atomic E-state index is 11.5. The van der Waals surface area contributed by atoms with Crippen LogP contribution in [0.2, 0.25) is 0 Å². The first-order valence-corrected chi connectivity index (χ1v) is 7.32. The summed E-state index contributed by atoms with van der Waals surface area (Å²) in [6, 6.07) is 11.8. The first-order chi connectivity index (χ1) is 8.93. The van der Waals surface area contributed by atoms with Crippen LogP contribution in [0, 0.1) is 0 Å². The van der Waals surface area contributed by atoms with E-state index >= 15 is 0 Å². The molecule has 0 unspecified atom stereocenters. The SMILES string of the molecule is CCc1ccccc1-c1cc(N)ccc1S(=O)(=O)O. The molecule has 2 rings (SSSR count). The summed E-state index contributed by atoms with van der Waals surface area (Å²) >= 11 is 0. The molecule has 0 amide bonds. The summed E-state index contributed by atoms with van der Waals surface area (Å²) < 4.78 is 32.2. The molecule has 0 fully saturated rings. The number of hydrogen-bond donors (Lipinski definition) is 2. The molecule has 0 aliphatic carbocycles. The third-order valence-electron chi connectivity index (χ3n) is 2.97. The second kappa shape index (κ2) is 5.03. The number of benzene rings is 2. The van der Waals surface area contributed by atoms with Crippen LogP contribution in [0.15, 0.2) is 47.4 Å². The zero-order chi connectivity index (χ0) is 14.0. The molecule has 0 aliphatic heterocycles. The molecule has 0 radical (unpaired) electrons. The highest BCUT2D eigenvalue weighted by Crippen LogP contribution is 2.31. The minimum Gasteiger partial charge on any atom is -0.399 e. The maximum Gasteiger partial charge on any atom is 0.295 e. The molecule has 100 valence electrons. The first-order valence-electron chi connectivity index (χ1n) is 5.88. The lowest BCUT2D eigenvalue weighted by Crippen LogP contribution is -2.02. The van der Waals surface area contributed by atoms with Crippen molar-refractivity contribution in [3.8, 4) is 11.1 Å². The molecule has 0 bridgehead atoms. The topological polar surface area (TPSA) is 80.4 Å². The Labute approximate surface area is 112 Å². The molecule has 5 heteroatoms. The summed E-state index contributed by atoms with van der Waals surface area (Å²) in [7, 11) is -4.28. The maximum atomic E-state index is 11.5. The van der Waals surface area contributed by atoms with Gasteiger partial charge in [-0.05, 0) is 35.7 Å². The van der Waals surface area contributed by atoms with Gasteiger partial charge in [-0.15, -0.1) is 0 Å². The highest BCUT2D eigenvalue weighted by atomic mass is 32.2. The number of aryl methyl sites for hydroxylation is 1. The average molecular weight is 277 g/mol. The molecular weight excluding hydrogens is 262 g/mol. The van der Waals surface area contributed by atoms with Crippen molar-refractivity contribution in [2.24, 2.45) is 0 Å². The molecule has 2 aromatic carbocycles. The largest absolute Gasteiger partial charge is 0.399 e. The van der Waals surface area contributed by atoms with Gasteiger partial charge >= 0.3 is 0 Å². The van der Waals surface area contributed by atoms with Crippen LogP contribution in [-0.2, 0) is 16.5 Å². The number of nitrogen functional groups attached to an aromatic ring is 1. The predicted octanol–water partition coefficient (Wildman–Crippen LogP) is 2.74. The van der Waals surface area contributed by atoms with E-state index in [0.29, 0.717) is 11.3 Å². The Morgan fingerprint density at radius 2 is 1.79 bits per heavy atom. The van der Waals surface area contributed by atoms with Crippen LogP contribution in [0.5, 0.6) is 0 Å². The van der Waals surface area contributed by atoms with E-state index in [1.165, 1.54) is 12.1 Å². The number of hydrogen-bond acceptors (Lipinski definition) is 3. The van der Waals surface area contributed by atoms with Gasteiger partial charge in [0.2, 0.25) is 0 Å². The van der Waals surface area contributed by atoms with Crippen molar-refractivity contribution in [2.45, 2.75) is 18.2 Å². The van der Waals surface area contributed by atoms with Crippen LogP contribution in [0.1, 0.15) is 12.5 Å². The Hall–Kier alpha value is -1.85. The molecule has 4 nitrogen and oxygen atoms in total. The molecule has 0 saturated heterocycles. The van der Waals surface area contributed by atoms with Crippen LogP contribution < -0.4 is 5.73 Å². The van der Waals surface area contributed by atoms with Gasteiger partial charge in [-0.2, -0.15) is 8.42 Å². The van der Waals surface area contributed by atoms with Gasteiger partial charge < -0.3 is 5.73 Å². The van der Waals surface area contributed by atoms with Gasteiger partial charge in [0, 0.05) is 11.3 Å². The Morgan fingerprint density at radius 3 is 2.42 bits per heavy atom. The number of rotatable bonds is 3. The van der Waals surface area contributed by atoms with E-state index < -0.39 is 10.1 Å². The normalized spacial score (nSPS) is 11.5. The molecule has 0 saturated carbocycles. The third-order valence-corrected chi connectivity index (χ3v) is 3.88. The van der Waals surface area contributed by atoms with E-state index in [-0.39, 0.29) is 4.90 Å². The zero-order valence-corrected chi connectivity index (χ0v) is 11.3. The quantitative estimate of drug-likeness (QED) is 0.667. The highest BCUT2D eigenvalue weighted by Gasteiger charge is 2.18. The summed E-state index contributed by atoms with van der Waals surface area (Å²) in [4.78, 5) is -0.123. The Balaban J connectivity index is 2.78. The van der Waals surface area contributed by atoms with Crippen molar-refractivity contribution in [3.63, 3.8) is 0 Å². The number of anilines is 1. The van der Waals surface area contributed by atoms with Gasteiger partial charge in [0.15, 0.2) is 0 Å². The fourth-order valence-electron chi connectivity index (χ4n) is 2.07. The van der Waals surface area contributed by atoms with Crippen LogP contribution in [0.3, 0.4) is 0 Å². The molecule has 0 aromatic heterocycles. The monoisotopic (exact) mass is 277 g/mol. The van der Waals surface area contributed by atoms with E-state index in [0.717, 1.165) is 17.5 Å². The van der Waals surface area contributed by atoms with Gasteiger partial charge in [-0.25, -0.2) is 0 Å². The van der Waals surface area contributed by atoms with Crippen molar-refractivity contribution in [1.29, 1.82) is 0 Å². The lowest BCUT2D eigenvalue weighted by atomic mass is 9.98.